The first-order valence-corrected chi connectivity index (χ1v) is 11.1. The number of amides is 1. The van der Waals surface area contributed by atoms with E-state index in [1.807, 2.05) is 54.6 Å². The Bertz CT molecular complexity index is 1100. The smallest absolute Gasteiger partial charge is 0.268 e. The summed E-state index contributed by atoms with van der Waals surface area (Å²) < 4.78 is 5.63. The molecule has 0 atom stereocenters. The van der Waals surface area contributed by atoms with Crippen LogP contribution in [-0.4, -0.2) is 17.5 Å². The Morgan fingerprint density at radius 2 is 2.10 bits per heavy atom. The van der Waals surface area contributed by atoms with E-state index in [2.05, 4.69) is 17.2 Å². The van der Waals surface area contributed by atoms with E-state index >= 15 is 0 Å². The van der Waals surface area contributed by atoms with Crippen molar-refractivity contribution in [1.29, 1.82) is 5.26 Å². The van der Waals surface area contributed by atoms with E-state index in [4.69, 9.17) is 16.3 Å². The molecule has 0 bridgehead atoms. The van der Waals surface area contributed by atoms with Crippen LogP contribution in [-0.2, 0) is 11.2 Å². The maximum absolute atomic E-state index is 12.5. The number of hydrogen-bond donors (Lipinski definition) is 1. The number of unbranched alkanes of at least 4 members (excludes halogenated alkanes) is 1. The topological polar surface area (TPSA) is 75.0 Å². The average molecular weight is 452 g/mol. The quantitative estimate of drug-likeness (QED) is 0.242. The summed E-state index contributed by atoms with van der Waals surface area (Å²) >= 11 is 7.39. The number of anilines is 1. The second-order valence-electron chi connectivity index (χ2n) is 6.83. The summed E-state index contributed by atoms with van der Waals surface area (Å²) in [4.78, 5) is 17.8. The van der Waals surface area contributed by atoms with Crippen LogP contribution in [0.4, 0.5) is 5.13 Å². The summed E-state index contributed by atoms with van der Waals surface area (Å²) in [5.74, 6) is 0.276. The van der Waals surface area contributed by atoms with Crippen LogP contribution in [0, 0.1) is 11.3 Å². The molecule has 2 aromatic carbocycles. The zero-order chi connectivity index (χ0) is 22.1. The van der Waals surface area contributed by atoms with Crippen LogP contribution in [0.1, 0.15) is 35.8 Å². The van der Waals surface area contributed by atoms with Crippen molar-refractivity contribution in [2.24, 2.45) is 0 Å². The number of thiazole rings is 1. The van der Waals surface area contributed by atoms with Crippen LogP contribution in [0.25, 0.3) is 6.08 Å². The zero-order valence-electron chi connectivity index (χ0n) is 17.1. The van der Waals surface area contributed by atoms with Crippen molar-refractivity contribution in [3.8, 4) is 11.8 Å². The monoisotopic (exact) mass is 451 g/mol. The van der Waals surface area contributed by atoms with Gasteiger partial charge in [0.1, 0.15) is 17.4 Å². The van der Waals surface area contributed by atoms with Crippen molar-refractivity contribution in [3.63, 3.8) is 0 Å². The number of carbonyl (C=O) groups excluding carboxylic acids is 1. The molecule has 0 aliphatic rings. The highest BCUT2D eigenvalue weighted by molar-refractivity contribution is 7.15. The van der Waals surface area contributed by atoms with Crippen LogP contribution < -0.4 is 10.1 Å². The lowest BCUT2D eigenvalue weighted by atomic mass is 10.1. The predicted octanol–water partition coefficient (Wildman–Crippen LogP) is 6.11. The molecule has 0 aliphatic carbocycles. The van der Waals surface area contributed by atoms with E-state index in [9.17, 15) is 10.1 Å². The number of ether oxygens (including phenoxy) is 1. The van der Waals surface area contributed by atoms with Crippen LogP contribution in [0.2, 0.25) is 5.02 Å². The number of nitrogens with zero attached hydrogens (tertiary/aromatic N) is 2. The first kappa shape index (κ1) is 22.5. The zero-order valence-corrected chi connectivity index (χ0v) is 18.7. The number of rotatable bonds is 9. The van der Waals surface area contributed by atoms with E-state index in [0.29, 0.717) is 23.2 Å². The van der Waals surface area contributed by atoms with Crippen LogP contribution in [0.5, 0.6) is 5.75 Å². The Balaban J connectivity index is 1.62. The van der Waals surface area contributed by atoms with Crippen LogP contribution in [0.15, 0.2) is 60.3 Å². The van der Waals surface area contributed by atoms with Gasteiger partial charge in [0.25, 0.3) is 5.91 Å². The lowest BCUT2D eigenvalue weighted by Crippen LogP contribution is -2.13. The molecule has 5 nitrogen and oxygen atoms in total. The molecular formula is C24H22ClN3O2S. The Labute approximate surface area is 191 Å². The molecule has 3 rings (SSSR count). The van der Waals surface area contributed by atoms with Gasteiger partial charge in [-0.2, -0.15) is 5.26 Å². The molecule has 0 saturated carbocycles. The van der Waals surface area contributed by atoms with Crippen molar-refractivity contribution in [1.82, 2.24) is 4.98 Å². The summed E-state index contributed by atoms with van der Waals surface area (Å²) in [6.45, 7) is 2.78. The number of carbonyl (C=O) groups is 1. The molecular weight excluding hydrogens is 430 g/mol. The second-order valence-corrected chi connectivity index (χ2v) is 8.39. The van der Waals surface area contributed by atoms with Crippen LogP contribution in [0.3, 0.4) is 0 Å². The van der Waals surface area contributed by atoms with E-state index in [0.717, 1.165) is 34.6 Å². The van der Waals surface area contributed by atoms with Crippen molar-refractivity contribution in [2.75, 3.05) is 11.9 Å². The Hall–Kier alpha value is -3.14. The summed E-state index contributed by atoms with van der Waals surface area (Å²) in [5.41, 5.74) is 1.82. The van der Waals surface area contributed by atoms with Gasteiger partial charge >= 0.3 is 0 Å². The van der Waals surface area contributed by atoms with Crippen LogP contribution >= 0.6 is 22.9 Å². The standard InChI is InChI=1S/C24H22ClN3O2S/c1-2-3-11-30-21-9-7-17(8-10-21)12-19(15-26)23(29)28-24-27-16-22(31-24)14-18-5-4-6-20(25)13-18/h4-10,12-13,16H,2-3,11,14H2,1H3,(H,27,28,29)/b19-12+. The molecule has 1 heterocycles. The van der Waals surface area contributed by atoms with Crippen molar-refractivity contribution >= 4 is 40.1 Å². The van der Waals surface area contributed by atoms with E-state index in [1.165, 1.54) is 11.3 Å². The third-order valence-electron chi connectivity index (χ3n) is 4.36. The minimum atomic E-state index is -0.491. The highest BCUT2D eigenvalue weighted by Crippen LogP contribution is 2.23. The van der Waals surface area contributed by atoms with Gasteiger partial charge in [-0.3, -0.25) is 10.1 Å². The number of nitriles is 1. The number of halogens is 1. The Kier molecular flexibility index (Phi) is 8.22. The average Bonchev–Trinajstić information content (AvgIpc) is 3.19. The highest BCUT2D eigenvalue weighted by atomic mass is 35.5. The molecule has 3 aromatic rings. The number of benzene rings is 2. The molecule has 0 fully saturated rings. The van der Waals surface area contributed by atoms with Crippen molar-refractivity contribution < 1.29 is 9.53 Å². The number of hydrogen-bond acceptors (Lipinski definition) is 5. The van der Waals surface area contributed by atoms with E-state index < -0.39 is 5.91 Å². The molecule has 0 saturated heterocycles. The molecule has 1 aromatic heterocycles. The van der Waals surface area contributed by atoms with Gasteiger partial charge in [-0.05, 0) is 47.9 Å². The van der Waals surface area contributed by atoms with Crippen molar-refractivity contribution in [2.45, 2.75) is 26.2 Å². The summed E-state index contributed by atoms with van der Waals surface area (Å²) in [7, 11) is 0. The van der Waals surface area contributed by atoms with Gasteiger partial charge in [-0.15, -0.1) is 11.3 Å². The molecule has 7 heteroatoms. The molecule has 158 valence electrons. The highest BCUT2D eigenvalue weighted by Gasteiger charge is 2.12. The molecule has 0 spiro atoms. The molecule has 1 N–H and O–H groups in total. The van der Waals surface area contributed by atoms with Gasteiger partial charge < -0.3 is 4.74 Å². The normalized spacial score (nSPS) is 11.1. The van der Waals surface area contributed by atoms with Gasteiger partial charge in [0, 0.05) is 22.5 Å². The predicted molar refractivity (Wildman–Crippen MR) is 125 cm³/mol. The SMILES string of the molecule is CCCCOc1ccc(/C=C(\C#N)C(=O)Nc2ncc(Cc3cccc(Cl)c3)s2)cc1. The van der Waals surface area contributed by atoms with Gasteiger partial charge in [0.15, 0.2) is 5.13 Å². The Morgan fingerprint density at radius 3 is 2.81 bits per heavy atom. The molecule has 0 unspecified atom stereocenters. The fraction of sp³-hybridized carbons (Fsp3) is 0.208. The molecule has 31 heavy (non-hydrogen) atoms. The molecule has 0 radical (unpaired) electrons. The first-order valence-electron chi connectivity index (χ1n) is 9.92. The van der Waals surface area contributed by atoms with Gasteiger partial charge in [0.2, 0.25) is 0 Å². The second kappa shape index (κ2) is 11.3. The van der Waals surface area contributed by atoms with Gasteiger partial charge in [0.05, 0.1) is 6.61 Å². The molecule has 1 amide bonds. The maximum Gasteiger partial charge on any atom is 0.268 e. The first-order chi connectivity index (χ1) is 15.1. The Morgan fingerprint density at radius 1 is 1.29 bits per heavy atom. The summed E-state index contributed by atoms with van der Waals surface area (Å²) in [6.07, 6.45) is 6.00. The fourth-order valence-electron chi connectivity index (χ4n) is 2.77. The number of nitrogens with one attached hydrogen (secondary N) is 1. The van der Waals surface area contributed by atoms with Gasteiger partial charge in [-0.1, -0.05) is 49.2 Å². The third-order valence-corrected chi connectivity index (χ3v) is 5.51. The molecule has 0 aliphatic heterocycles. The summed E-state index contributed by atoms with van der Waals surface area (Å²) in [6, 6.07) is 16.9. The largest absolute Gasteiger partial charge is 0.494 e. The minimum Gasteiger partial charge on any atom is -0.494 e. The maximum atomic E-state index is 12.5. The van der Waals surface area contributed by atoms with E-state index in [1.54, 1.807) is 12.3 Å². The lowest BCUT2D eigenvalue weighted by Gasteiger charge is -2.05. The summed E-state index contributed by atoms with van der Waals surface area (Å²) in [5, 5.41) is 13.3. The van der Waals surface area contributed by atoms with Crippen molar-refractivity contribution in [3.05, 3.63) is 81.3 Å². The lowest BCUT2D eigenvalue weighted by molar-refractivity contribution is -0.112. The fourth-order valence-corrected chi connectivity index (χ4v) is 3.82. The number of aromatic nitrogens is 1. The van der Waals surface area contributed by atoms with E-state index in [-0.39, 0.29) is 5.57 Å². The minimum absolute atomic E-state index is 0.00578. The third kappa shape index (κ3) is 6.95. The van der Waals surface area contributed by atoms with Gasteiger partial charge in [-0.25, -0.2) is 4.98 Å².